The van der Waals surface area contributed by atoms with Crippen LogP contribution in [0.4, 0.5) is 11.4 Å². The van der Waals surface area contributed by atoms with E-state index < -0.39 is 22.8 Å². The molecule has 0 saturated carbocycles. The lowest BCUT2D eigenvalue weighted by atomic mass is 10.2. The van der Waals surface area contributed by atoms with Crippen LogP contribution in [0.1, 0.15) is 13.3 Å². The van der Waals surface area contributed by atoms with Gasteiger partial charge in [-0.25, -0.2) is 0 Å². The van der Waals surface area contributed by atoms with Crippen LogP contribution in [-0.4, -0.2) is 34.5 Å². The van der Waals surface area contributed by atoms with Crippen LogP contribution in [0.3, 0.4) is 0 Å². The van der Waals surface area contributed by atoms with Crippen LogP contribution in [0.5, 0.6) is 0 Å². The van der Waals surface area contributed by atoms with E-state index in [2.05, 4.69) is 10.6 Å². The second kappa shape index (κ2) is 7.19. The van der Waals surface area contributed by atoms with Gasteiger partial charge in [0.2, 0.25) is 0 Å². The van der Waals surface area contributed by atoms with E-state index in [1.54, 1.807) is 6.92 Å². The summed E-state index contributed by atoms with van der Waals surface area (Å²) in [5, 5.41) is 24.0. The lowest BCUT2D eigenvalue weighted by molar-refractivity contribution is -0.384. The third-order valence-electron chi connectivity index (χ3n) is 2.59. The van der Waals surface area contributed by atoms with Crippen molar-refractivity contribution in [2.45, 2.75) is 19.4 Å². The molecule has 3 N–H and O–H groups in total. The fourth-order valence-corrected chi connectivity index (χ4v) is 1.38. The summed E-state index contributed by atoms with van der Waals surface area (Å²) in [6.45, 7) is 1.50. The molecule has 20 heavy (non-hydrogen) atoms. The largest absolute Gasteiger partial charge is 0.394 e. The molecule has 2 amide bonds. The number of hydrogen-bond donors (Lipinski definition) is 3. The van der Waals surface area contributed by atoms with E-state index in [1.165, 1.54) is 24.3 Å². The number of nitrogens with one attached hydrogen (secondary N) is 2. The van der Waals surface area contributed by atoms with E-state index in [9.17, 15) is 19.7 Å². The third kappa shape index (κ3) is 4.32. The molecule has 0 aliphatic rings. The van der Waals surface area contributed by atoms with Crippen LogP contribution in [-0.2, 0) is 9.59 Å². The van der Waals surface area contributed by atoms with Crippen LogP contribution in [0.25, 0.3) is 0 Å². The molecule has 8 heteroatoms. The molecule has 0 aliphatic carbocycles. The molecule has 1 aromatic carbocycles. The monoisotopic (exact) mass is 281 g/mol. The molecule has 1 aromatic rings. The number of hydrogen-bond acceptors (Lipinski definition) is 5. The smallest absolute Gasteiger partial charge is 0.313 e. The van der Waals surface area contributed by atoms with Crippen molar-refractivity contribution in [2.24, 2.45) is 0 Å². The fraction of sp³-hybridized carbons (Fsp3) is 0.333. The Morgan fingerprint density at radius 3 is 2.35 bits per heavy atom. The van der Waals surface area contributed by atoms with Crippen molar-refractivity contribution in [1.82, 2.24) is 5.32 Å². The maximum absolute atomic E-state index is 11.6. The van der Waals surface area contributed by atoms with Gasteiger partial charge in [-0.3, -0.25) is 19.7 Å². The Balaban J connectivity index is 2.61. The topological polar surface area (TPSA) is 122 Å². The minimum atomic E-state index is -0.897. The molecule has 0 aromatic heterocycles. The predicted molar refractivity (Wildman–Crippen MR) is 71.0 cm³/mol. The number of nitro benzene ring substituents is 1. The Kier molecular flexibility index (Phi) is 5.60. The third-order valence-corrected chi connectivity index (χ3v) is 2.59. The summed E-state index contributed by atoms with van der Waals surface area (Å²) in [6.07, 6.45) is 0.493. The molecule has 0 radical (unpaired) electrons. The Bertz CT molecular complexity index is 496. The van der Waals surface area contributed by atoms with E-state index in [-0.39, 0.29) is 18.0 Å². The average Bonchev–Trinajstić information content (AvgIpc) is 2.44. The molecule has 0 bridgehead atoms. The summed E-state index contributed by atoms with van der Waals surface area (Å²) in [4.78, 5) is 33.0. The zero-order valence-corrected chi connectivity index (χ0v) is 10.8. The van der Waals surface area contributed by atoms with Gasteiger partial charge < -0.3 is 15.7 Å². The summed E-state index contributed by atoms with van der Waals surface area (Å²) < 4.78 is 0. The van der Waals surface area contributed by atoms with Crippen molar-refractivity contribution >= 4 is 23.2 Å². The second-order valence-corrected chi connectivity index (χ2v) is 4.02. The molecule has 8 nitrogen and oxygen atoms in total. The molecule has 0 fully saturated rings. The summed E-state index contributed by atoms with van der Waals surface area (Å²) in [6, 6.07) is 4.61. The summed E-state index contributed by atoms with van der Waals surface area (Å²) >= 11 is 0. The summed E-state index contributed by atoms with van der Waals surface area (Å²) in [5.41, 5.74) is 0.159. The predicted octanol–water partition coefficient (Wildman–Crippen LogP) is 0.420. The number of amides is 2. The SMILES string of the molecule is CC[C@@H](CO)NC(=O)C(=O)Nc1ccc([N+](=O)[O-])cc1. The molecule has 1 rings (SSSR count). The lowest BCUT2D eigenvalue weighted by Gasteiger charge is -2.13. The van der Waals surface area contributed by atoms with Crippen LogP contribution in [0.2, 0.25) is 0 Å². The zero-order chi connectivity index (χ0) is 15.1. The number of anilines is 1. The first-order chi connectivity index (χ1) is 9.47. The van der Waals surface area contributed by atoms with Gasteiger partial charge in [0, 0.05) is 17.8 Å². The van der Waals surface area contributed by atoms with Crippen molar-refractivity contribution in [3.8, 4) is 0 Å². The highest BCUT2D eigenvalue weighted by molar-refractivity contribution is 6.39. The standard InChI is InChI=1S/C12H15N3O5/c1-2-8(7-16)13-11(17)12(18)14-9-3-5-10(6-4-9)15(19)20/h3-6,8,16H,2,7H2,1H3,(H,13,17)(H,14,18)/t8-/m0/s1. The Morgan fingerprint density at radius 2 is 1.90 bits per heavy atom. The number of benzene rings is 1. The number of non-ortho nitro benzene ring substituents is 1. The number of aliphatic hydroxyl groups excluding tert-OH is 1. The van der Waals surface area contributed by atoms with Gasteiger partial charge in [-0.2, -0.15) is 0 Å². The van der Waals surface area contributed by atoms with Crippen molar-refractivity contribution in [1.29, 1.82) is 0 Å². The van der Waals surface area contributed by atoms with E-state index in [4.69, 9.17) is 5.11 Å². The number of nitrogens with zero attached hydrogens (tertiary/aromatic N) is 1. The van der Waals surface area contributed by atoms with Crippen molar-refractivity contribution < 1.29 is 19.6 Å². The van der Waals surface area contributed by atoms with E-state index in [0.29, 0.717) is 6.42 Å². The highest BCUT2D eigenvalue weighted by Crippen LogP contribution is 2.15. The maximum Gasteiger partial charge on any atom is 0.313 e. The Labute approximate surface area is 114 Å². The summed E-state index contributed by atoms with van der Waals surface area (Å²) in [7, 11) is 0. The number of aliphatic hydroxyl groups is 1. The normalized spacial score (nSPS) is 11.5. The molecule has 0 saturated heterocycles. The van der Waals surface area contributed by atoms with Crippen molar-refractivity contribution in [2.75, 3.05) is 11.9 Å². The highest BCUT2D eigenvalue weighted by atomic mass is 16.6. The van der Waals surface area contributed by atoms with Gasteiger partial charge in [-0.15, -0.1) is 0 Å². The van der Waals surface area contributed by atoms with E-state index in [1.807, 2.05) is 0 Å². The molecule has 108 valence electrons. The fourth-order valence-electron chi connectivity index (χ4n) is 1.38. The maximum atomic E-state index is 11.6. The van der Waals surface area contributed by atoms with Crippen LogP contribution < -0.4 is 10.6 Å². The first-order valence-corrected chi connectivity index (χ1v) is 5.95. The molecular formula is C12H15N3O5. The quantitative estimate of drug-likeness (QED) is 0.410. The molecule has 1 atom stereocenters. The van der Waals surface area contributed by atoms with Gasteiger partial charge in [0.15, 0.2) is 0 Å². The number of carbonyl (C=O) groups is 2. The van der Waals surface area contributed by atoms with Gasteiger partial charge in [0.25, 0.3) is 5.69 Å². The number of carbonyl (C=O) groups excluding carboxylic acids is 2. The minimum Gasteiger partial charge on any atom is -0.394 e. The second-order valence-electron chi connectivity index (χ2n) is 4.02. The van der Waals surface area contributed by atoms with E-state index in [0.717, 1.165) is 0 Å². The Hall–Kier alpha value is -2.48. The summed E-state index contributed by atoms with van der Waals surface area (Å²) in [5.74, 6) is -1.77. The van der Waals surface area contributed by atoms with Crippen molar-refractivity contribution in [3.05, 3.63) is 34.4 Å². The molecule has 0 unspecified atom stereocenters. The number of nitro groups is 1. The minimum absolute atomic E-state index is 0.112. The number of rotatable bonds is 5. The van der Waals surface area contributed by atoms with Gasteiger partial charge in [-0.05, 0) is 18.6 Å². The molecule has 0 spiro atoms. The first kappa shape index (κ1) is 15.6. The Morgan fingerprint density at radius 1 is 1.30 bits per heavy atom. The van der Waals surface area contributed by atoms with E-state index >= 15 is 0 Å². The van der Waals surface area contributed by atoms with Crippen LogP contribution in [0.15, 0.2) is 24.3 Å². The van der Waals surface area contributed by atoms with Gasteiger partial charge >= 0.3 is 11.8 Å². The van der Waals surface area contributed by atoms with Gasteiger partial charge in [0.05, 0.1) is 17.6 Å². The van der Waals surface area contributed by atoms with Crippen molar-refractivity contribution in [3.63, 3.8) is 0 Å². The lowest BCUT2D eigenvalue weighted by Crippen LogP contribution is -2.43. The van der Waals surface area contributed by atoms with Crippen LogP contribution in [0, 0.1) is 10.1 Å². The van der Waals surface area contributed by atoms with Crippen LogP contribution >= 0.6 is 0 Å². The molecular weight excluding hydrogens is 266 g/mol. The van der Waals surface area contributed by atoms with Gasteiger partial charge in [0.1, 0.15) is 0 Å². The first-order valence-electron chi connectivity index (χ1n) is 5.95. The average molecular weight is 281 g/mol. The van der Waals surface area contributed by atoms with Gasteiger partial charge in [-0.1, -0.05) is 6.92 Å². The molecule has 0 aliphatic heterocycles. The molecule has 0 heterocycles. The zero-order valence-electron chi connectivity index (χ0n) is 10.8. The highest BCUT2D eigenvalue weighted by Gasteiger charge is 2.17.